The topological polar surface area (TPSA) is 71.0 Å². The molecule has 1 N–H and O–H groups in total. The molecule has 0 bridgehead atoms. The van der Waals surface area contributed by atoms with Crippen molar-refractivity contribution in [3.63, 3.8) is 0 Å². The van der Waals surface area contributed by atoms with E-state index in [4.69, 9.17) is 0 Å². The van der Waals surface area contributed by atoms with Crippen LogP contribution in [0.3, 0.4) is 0 Å². The number of benzene rings is 1. The van der Waals surface area contributed by atoms with Gasteiger partial charge in [0.1, 0.15) is 0 Å². The van der Waals surface area contributed by atoms with Gasteiger partial charge in [0.15, 0.2) is 0 Å². The van der Waals surface area contributed by atoms with Gasteiger partial charge in [-0.25, -0.2) is 9.97 Å². The molecule has 0 spiro atoms. The maximum Gasteiger partial charge on any atom is 0.256 e. The van der Waals surface area contributed by atoms with Gasteiger partial charge in [-0.05, 0) is 42.2 Å². The highest BCUT2D eigenvalue weighted by Gasteiger charge is 2.13. The predicted octanol–water partition coefficient (Wildman–Crippen LogP) is 3.49. The molecule has 0 fully saturated rings. The second-order valence-electron chi connectivity index (χ2n) is 6.26. The number of nitrogens with one attached hydrogen (secondary N) is 1. The number of carbonyl (C=O) groups excluding carboxylic acids is 1. The third-order valence-electron chi connectivity index (χ3n) is 4.38. The maximum absolute atomic E-state index is 12.5. The second-order valence-corrected chi connectivity index (χ2v) is 6.26. The van der Waals surface area contributed by atoms with Crippen molar-refractivity contribution in [2.24, 2.45) is 0 Å². The van der Waals surface area contributed by atoms with Gasteiger partial charge in [-0.2, -0.15) is 0 Å². The van der Waals surface area contributed by atoms with Crippen molar-refractivity contribution in [3.8, 4) is 0 Å². The van der Waals surface area contributed by atoms with Gasteiger partial charge >= 0.3 is 0 Å². The van der Waals surface area contributed by atoms with Crippen molar-refractivity contribution >= 4 is 17.5 Å². The van der Waals surface area contributed by atoms with Crippen LogP contribution in [0.2, 0.25) is 0 Å². The zero-order valence-electron chi connectivity index (χ0n) is 15.6. The molecule has 0 unspecified atom stereocenters. The second kappa shape index (κ2) is 8.89. The quantitative estimate of drug-likeness (QED) is 0.697. The lowest BCUT2D eigenvalue weighted by molar-refractivity contribution is 0.0796. The van der Waals surface area contributed by atoms with Crippen LogP contribution in [0, 0.1) is 0 Å². The highest BCUT2D eigenvalue weighted by molar-refractivity contribution is 5.93. The smallest absolute Gasteiger partial charge is 0.256 e. The molecule has 0 atom stereocenters. The first-order valence-corrected chi connectivity index (χ1v) is 8.98. The molecule has 0 saturated heterocycles. The summed E-state index contributed by atoms with van der Waals surface area (Å²) in [7, 11) is 1.78. The number of aryl methyl sites for hydroxylation is 1. The molecule has 1 amide bonds. The molecule has 1 aromatic carbocycles. The summed E-state index contributed by atoms with van der Waals surface area (Å²) in [5.41, 5.74) is 3.79. The third-order valence-corrected chi connectivity index (χ3v) is 4.38. The normalized spacial score (nSPS) is 10.4. The number of hydrogen-bond acceptors (Lipinski definition) is 5. The van der Waals surface area contributed by atoms with Gasteiger partial charge in [0.05, 0.1) is 5.56 Å². The number of nitrogens with zero attached hydrogens (tertiary/aromatic N) is 4. The third kappa shape index (κ3) is 4.88. The summed E-state index contributed by atoms with van der Waals surface area (Å²) in [6, 6.07) is 11.9. The summed E-state index contributed by atoms with van der Waals surface area (Å²) < 4.78 is 0. The number of aromatic nitrogens is 3. The van der Waals surface area contributed by atoms with E-state index in [9.17, 15) is 4.79 Å². The van der Waals surface area contributed by atoms with Crippen LogP contribution in [0.4, 0.5) is 11.6 Å². The summed E-state index contributed by atoms with van der Waals surface area (Å²) >= 11 is 0. The first-order chi connectivity index (χ1) is 13.2. The van der Waals surface area contributed by atoms with E-state index in [0.717, 1.165) is 24.1 Å². The number of likely N-dealkylation sites (N-methyl/N-ethyl adjacent to an activating group) is 1. The first-order valence-electron chi connectivity index (χ1n) is 8.98. The Labute approximate surface area is 159 Å². The molecule has 0 aliphatic heterocycles. The Balaban J connectivity index is 1.61. The molecule has 2 heterocycles. The monoisotopic (exact) mass is 361 g/mol. The standard InChI is InChI=1S/C21H23N5O/c1-3-17-6-4-5-7-19(17)25-21-23-14-18(15-24-21)20(27)26(2)13-10-16-8-11-22-12-9-16/h4-9,11-12,14-15H,3,10,13H2,1-2H3,(H,23,24,25). The SMILES string of the molecule is CCc1ccccc1Nc1ncc(C(=O)N(C)CCc2ccncc2)cn1. The lowest BCUT2D eigenvalue weighted by Crippen LogP contribution is -2.29. The Kier molecular flexibility index (Phi) is 6.10. The molecule has 2 aromatic heterocycles. The molecule has 3 aromatic rings. The number of pyridine rings is 1. The first kappa shape index (κ1) is 18.5. The van der Waals surface area contributed by atoms with Crippen LogP contribution in [-0.4, -0.2) is 39.4 Å². The van der Waals surface area contributed by atoms with Crippen LogP contribution in [0.25, 0.3) is 0 Å². The molecule has 0 saturated carbocycles. The Morgan fingerprint density at radius 2 is 1.78 bits per heavy atom. The molecule has 3 rings (SSSR count). The minimum Gasteiger partial charge on any atom is -0.341 e. The van der Waals surface area contributed by atoms with Gasteiger partial charge in [0, 0.05) is 44.1 Å². The van der Waals surface area contributed by atoms with Crippen molar-refractivity contribution in [2.45, 2.75) is 19.8 Å². The van der Waals surface area contributed by atoms with E-state index < -0.39 is 0 Å². The van der Waals surface area contributed by atoms with Crippen molar-refractivity contribution in [1.29, 1.82) is 0 Å². The van der Waals surface area contributed by atoms with E-state index in [1.165, 1.54) is 5.56 Å². The van der Waals surface area contributed by atoms with Crippen LogP contribution in [0.1, 0.15) is 28.4 Å². The molecule has 0 aliphatic carbocycles. The van der Waals surface area contributed by atoms with E-state index in [2.05, 4.69) is 33.3 Å². The van der Waals surface area contributed by atoms with Gasteiger partial charge in [-0.3, -0.25) is 9.78 Å². The highest BCUT2D eigenvalue weighted by Crippen LogP contribution is 2.18. The Bertz CT molecular complexity index is 881. The number of carbonyl (C=O) groups is 1. The largest absolute Gasteiger partial charge is 0.341 e. The fourth-order valence-corrected chi connectivity index (χ4v) is 2.74. The fourth-order valence-electron chi connectivity index (χ4n) is 2.74. The summed E-state index contributed by atoms with van der Waals surface area (Å²) in [6.45, 7) is 2.72. The number of anilines is 2. The van der Waals surface area contributed by atoms with Crippen molar-refractivity contribution in [3.05, 3.63) is 77.9 Å². The van der Waals surface area contributed by atoms with Gasteiger partial charge in [0.25, 0.3) is 5.91 Å². The zero-order valence-corrected chi connectivity index (χ0v) is 15.6. The number of amides is 1. The fraction of sp³-hybridized carbons (Fsp3) is 0.238. The number of rotatable bonds is 7. The van der Waals surface area contributed by atoms with Gasteiger partial charge in [0.2, 0.25) is 5.95 Å². The average Bonchev–Trinajstić information content (AvgIpc) is 2.73. The maximum atomic E-state index is 12.5. The van der Waals surface area contributed by atoms with E-state index in [1.807, 2.05) is 30.3 Å². The Hall–Kier alpha value is -3.28. The lowest BCUT2D eigenvalue weighted by atomic mass is 10.1. The molecule has 0 aliphatic rings. The molecular weight excluding hydrogens is 338 g/mol. The minimum absolute atomic E-state index is 0.0930. The van der Waals surface area contributed by atoms with Crippen LogP contribution in [-0.2, 0) is 12.8 Å². The Morgan fingerprint density at radius 3 is 2.48 bits per heavy atom. The van der Waals surface area contributed by atoms with Crippen LogP contribution >= 0.6 is 0 Å². The molecular formula is C21H23N5O. The van der Waals surface area contributed by atoms with Gasteiger partial charge in [-0.15, -0.1) is 0 Å². The summed E-state index contributed by atoms with van der Waals surface area (Å²) in [5, 5.41) is 3.21. The van der Waals surface area contributed by atoms with Crippen molar-refractivity contribution < 1.29 is 4.79 Å². The van der Waals surface area contributed by atoms with Crippen LogP contribution < -0.4 is 5.32 Å². The average molecular weight is 361 g/mol. The summed E-state index contributed by atoms with van der Waals surface area (Å²) in [5.74, 6) is 0.386. The summed E-state index contributed by atoms with van der Waals surface area (Å²) in [4.78, 5) is 26.8. The van der Waals surface area contributed by atoms with Crippen molar-refractivity contribution in [2.75, 3.05) is 18.9 Å². The molecule has 138 valence electrons. The van der Waals surface area contributed by atoms with Gasteiger partial charge in [-0.1, -0.05) is 25.1 Å². The molecule has 0 radical (unpaired) electrons. The van der Waals surface area contributed by atoms with Crippen LogP contribution in [0.5, 0.6) is 0 Å². The zero-order chi connectivity index (χ0) is 19.1. The highest BCUT2D eigenvalue weighted by atomic mass is 16.2. The molecule has 6 heteroatoms. The van der Waals surface area contributed by atoms with Gasteiger partial charge < -0.3 is 10.2 Å². The summed E-state index contributed by atoms with van der Waals surface area (Å²) in [6.07, 6.45) is 8.34. The van der Waals surface area contributed by atoms with E-state index in [-0.39, 0.29) is 5.91 Å². The number of hydrogen-bond donors (Lipinski definition) is 1. The Morgan fingerprint density at radius 1 is 1.07 bits per heavy atom. The molecule has 6 nitrogen and oxygen atoms in total. The molecule has 27 heavy (non-hydrogen) atoms. The van der Waals surface area contributed by atoms with Crippen LogP contribution in [0.15, 0.2) is 61.2 Å². The number of para-hydroxylation sites is 1. The van der Waals surface area contributed by atoms with E-state index in [1.54, 1.807) is 36.7 Å². The lowest BCUT2D eigenvalue weighted by Gasteiger charge is -2.17. The minimum atomic E-state index is -0.0930. The van der Waals surface area contributed by atoms with E-state index in [0.29, 0.717) is 18.1 Å². The van der Waals surface area contributed by atoms with Crippen molar-refractivity contribution in [1.82, 2.24) is 19.9 Å². The van der Waals surface area contributed by atoms with E-state index >= 15 is 0 Å². The predicted molar refractivity (Wildman–Crippen MR) is 106 cm³/mol.